The normalized spacial score (nSPS) is 18.1. The van der Waals surface area contributed by atoms with Gasteiger partial charge in [-0.05, 0) is 26.0 Å². The molecule has 1 saturated heterocycles. The molecule has 1 aliphatic heterocycles. The summed E-state index contributed by atoms with van der Waals surface area (Å²) in [5.74, 6) is 0.247. The van der Waals surface area contributed by atoms with Crippen LogP contribution in [-0.4, -0.2) is 65.9 Å². The lowest BCUT2D eigenvalue weighted by molar-refractivity contribution is -0.137. The van der Waals surface area contributed by atoms with Gasteiger partial charge in [-0.25, -0.2) is 0 Å². The van der Waals surface area contributed by atoms with Crippen LogP contribution in [0.25, 0.3) is 0 Å². The topological polar surface area (TPSA) is 26.8 Å². The van der Waals surface area contributed by atoms with E-state index in [4.69, 9.17) is 0 Å². The van der Waals surface area contributed by atoms with Gasteiger partial charge in [0.2, 0.25) is 5.91 Å². The molecule has 0 aromatic heterocycles. The van der Waals surface area contributed by atoms with Crippen LogP contribution >= 0.6 is 0 Å². The van der Waals surface area contributed by atoms with Crippen molar-refractivity contribution in [2.24, 2.45) is 0 Å². The number of carbonyl (C=O) groups excluding carboxylic acids is 1. The second-order valence-electron chi connectivity index (χ2n) is 5.98. The third kappa shape index (κ3) is 4.31. The minimum Gasteiger partial charge on any atom is -0.337 e. The molecule has 122 valence electrons. The first-order valence-electron chi connectivity index (χ1n) is 8.44. The first-order chi connectivity index (χ1) is 10.7. The molecule has 1 unspecified atom stereocenters. The maximum absolute atomic E-state index is 12.8. The molecular weight excluding hydrogens is 274 g/mol. The number of piperazine rings is 1. The lowest BCUT2D eigenvalue weighted by Crippen LogP contribution is -2.54. The Hall–Kier alpha value is -1.39. The zero-order valence-corrected chi connectivity index (χ0v) is 14.2. The zero-order valence-electron chi connectivity index (χ0n) is 14.2. The Bertz CT molecular complexity index is 455. The van der Waals surface area contributed by atoms with Gasteiger partial charge in [0.1, 0.15) is 0 Å². The van der Waals surface area contributed by atoms with E-state index in [0.29, 0.717) is 6.54 Å². The van der Waals surface area contributed by atoms with Crippen LogP contribution in [0.2, 0.25) is 0 Å². The van der Waals surface area contributed by atoms with Gasteiger partial charge in [0, 0.05) is 39.3 Å². The summed E-state index contributed by atoms with van der Waals surface area (Å²) in [5.41, 5.74) is 1.20. The zero-order chi connectivity index (χ0) is 15.9. The Morgan fingerprint density at radius 2 is 1.77 bits per heavy atom. The van der Waals surface area contributed by atoms with E-state index in [0.717, 1.165) is 39.3 Å². The van der Waals surface area contributed by atoms with Crippen molar-refractivity contribution in [2.45, 2.75) is 33.4 Å². The molecule has 1 amide bonds. The van der Waals surface area contributed by atoms with Crippen molar-refractivity contribution >= 4 is 5.91 Å². The molecule has 1 aromatic rings. The molecule has 1 fully saturated rings. The van der Waals surface area contributed by atoms with Gasteiger partial charge in [-0.1, -0.05) is 37.3 Å². The molecule has 1 heterocycles. The molecule has 0 saturated carbocycles. The van der Waals surface area contributed by atoms with Gasteiger partial charge >= 0.3 is 0 Å². The summed E-state index contributed by atoms with van der Waals surface area (Å²) in [5, 5.41) is 0. The van der Waals surface area contributed by atoms with Gasteiger partial charge in [-0.3, -0.25) is 9.69 Å². The Morgan fingerprint density at radius 1 is 1.14 bits per heavy atom. The van der Waals surface area contributed by atoms with E-state index >= 15 is 0 Å². The van der Waals surface area contributed by atoms with Crippen molar-refractivity contribution in [3.8, 4) is 0 Å². The SMILES string of the molecule is CCN1CCN(C(C)C(=O)N(CC)Cc2ccccc2)CC1. The Morgan fingerprint density at radius 3 is 2.32 bits per heavy atom. The van der Waals surface area contributed by atoms with Crippen molar-refractivity contribution < 1.29 is 4.79 Å². The van der Waals surface area contributed by atoms with Crippen molar-refractivity contribution in [3.63, 3.8) is 0 Å². The van der Waals surface area contributed by atoms with Crippen LogP contribution in [0.3, 0.4) is 0 Å². The maximum atomic E-state index is 12.8. The van der Waals surface area contributed by atoms with E-state index in [-0.39, 0.29) is 11.9 Å². The number of nitrogens with zero attached hydrogens (tertiary/aromatic N) is 3. The van der Waals surface area contributed by atoms with E-state index in [9.17, 15) is 4.79 Å². The number of carbonyl (C=O) groups is 1. The van der Waals surface area contributed by atoms with E-state index in [1.54, 1.807) is 0 Å². The molecular formula is C18H29N3O. The van der Waals surface area contributed by atoms with E-state index in [1.165, 1.54) is 5.56 Å². The third-order valence-electron chi connectivity index (χ3n) is 4.67. The van der Waals surface area contributed by atoms with Crippen molar-refractivity contribution in [1.29, 1.82) is 0 Å². The minimum absolute atomic E-state index is 0.0253. The highest BCUT2D eigenvalue weighted by molar-refractivity contribution is 5.81. The predicted octanol–water partition coefficient (Wildman–Crippen LogP) is 2.06. The van der Waals surface area contributed by atoms with Crippen molar-refractivity contribution in [3.05, 3.63) is 35.9 Å². The fourth-order valence-electron chi connectivity index (χ4n) is 3.04. The van der Waals surface area contributed by atoms with Gasteiger partial charge in [0.05, 0.1) is 6.04 Å². The molecule has 4 heteroatoms. The first-order valence-corrected chi connectivity index (χ1v) is 8.44. The molecule has 0 aliphatic carbocycles. The van der Waals surface area contributed by atoms with Crippen molar-refractivity contribution in [1.82, 2.24) is 14.7 Å². The van der Waals surface area contributed by atoms with Crippen LogP contribution in [0, 0.1) is 0 Å². The average Bonchev–Trinajstić information content (AvgIpc) is 2.59. The van der Waals surface area contributed by atoms with Crippen molar-refractivity contribution in [2.75, 3.05) is 39.3 Å². The standard InChI is InChI=1S/C18H29N3O/c1-4-19-11-13-21(14-12-19)16(3)18(22)20(5-2)15-17-9-7-6-8-10-17/h6-10,16H,4-5,11-15H2,1-3H3. The molecule has 0 N–H and O–H groups in total. The third-order valence-corrected chi connectivity index (χ3v) is 4.67. The smallest absolute Gasteiger partial charge is 0.239 e. The molecule has 1 aliphatic rings. The largest absolute Gasteiger partial charge is 0.337 e. The number of amides is 1. The van der Waals surface area contributed by atoms with Crippen LogP contribution in [0.15, 0.2) is 30.3 Å². The monoisotopic (exact) mass is 303 g/mol. The minimum atomic E-state index is -0.0253. The lowest BCUT2D eigenvalue weighted by atomic mass is 10.1. The summed E-state index contributed by atoms with van der Waals surface area (Å²) < 4.78 is 0. The van der Waals surface area contributed by atoms with Gasteiger partial charge < -0.3 is 9.80 Å². The highest BCUT2D eigenvalue weighted by Crippen LogP contribution is 2.11. The summed E-state index contributed by atoms with van der Waals surface area (Å²) in [6.07, 6.45) is 0. The van der Waals surface area contributed by atoms with E-state index in [2.05, 4.69) is 42.7 Å². The molecule has 1 atom stereocenters. The highest BCUT2D eigenvalue weighted by atomic mass is 16.2. The predicted molar refractivity (Wildman–Crippen MR) is 90.7 cm³/mol. The first kappa shape index (κ1) is 17.0. The van der Waals surface area contributed by atoms with Gasteiger partial charge in [-0.2, -0.15) is 0 Å². The molecule has 0 spiro atoms. The summed E-state index contributed by atoms with van der Waals surface area (Å²) in [4.78, 5) is 19.5. The van der Waals surface area contributed by atoms with Crippen LogP contribution in [0.1, 0.15) is 26.3 Å². The summed E-state index contributed by atoms with van der Waals surface area (Å²) >= 11 is 0. The number of benzene rings is 1. The molecule has 0 bridgehead atoms. The fraction of sp³-hybridized carbons (Fsp3) is 0.611. The fourth-order valence-corrected chi connectivity index (χ4v) is 3.04. The second kappa shape index (κ2) is 8.30. The Kier molecular flexibility index (Phi) is 6.40. The molecule has 2 rings (SSSR count). The number of likely N-dealkylation sites (N-methyl/N-ethyl adjacent to an activating group) is 2. The molecule has 0 radical (unpaired) electrons. The Balaban J connectivity index is 1.93. The molecule has 22 heavy (non-hydrogen) atoms. The Labute approximate surface area is 134 Å². The van der Waals surface area contributed by atoms with Gasteiger partial charge in [0.25, 0.3) is 0 Å². The summed E-state index contributed by atoms with van der Waals surface area (Å²) in [7, 11) is 0. The quantitative estimate of drug-likeness (QED) is 0.805. The molecule has 1 aromatic carbocycles. The summed E-state index contributed by atoms with van der Waals surface area (Å²) in [6, 6.07) is 10.2. The second-order valence-corrected chi connectivity index (χ2v) is 5.98. The summed E-state index contributed by atoms with van der Waals surface area (Å²) in [6.45, 7) is 13.0. The lowest BCUT2D eigenvalue weighted by Gasteiger charge is -2.38. The van der Waals surface area contributed by atoms with Crippen LogP contribution in [0.5, 0.6) is 0 Å². The highest BCUT2D eigenvalue weighted by Gasteiger charge is 2.27. The number of hydrogen-bond acceptors (Lipinski definition) is 3. The van der Waals surface area contributed by atoms with E-state index in [1.807, 2.05) is 23.1 Å². The van der Waals surface area contributed by atoms with Gasteiger partial charge in [0.15, 0.2) is 0 Å². The molecule has 4 nitrogen and oxygen atoms in total. The number of rotatable bonds is 6. The van der Waals surface area contributed by atoms with E-state index < -0.39 is 0 Å². The van der Waals surface area contributed by atoms with Crippen LogP contribution in [0.4, 0.5) is 0 Å². The number of hydrogen-bond donors (Lipinski definition) is 0. The van der Waals surface area contributed by atoms with Crippen LogP contribution < -0.4 is 0 Å². The van der Waals surface area contributed by atoms with Gasteiger partial charge in [-0.15, -0.1) is 0 Å². The maximum Gasteiger partial charge on any atom is 0.239 e. The van der Waals surface area contributed by atoms with Crippen LogP contribution in [-0.2, 0) is 11.3 Å². The average molecular weight is 303 g/mol.